The van der Waals surface area contributed by atoms with Crippen LogP contribution in [0.25, 0.3) is 0 Å². The van der Waals surface area contributed by atoms with Gasteiger partial charge < -0.3 is 5.11 Å². The number of hydrogen-bond acceptors (Lipinski definition) is 1. The first-order chi connectivity index (χ1) is 6.50. The van der Waals surface area contributed by atoms with Crippen molar-refractivity contribution in [1.82, 2.24) is 0 Å². The van der Waals surface area contributed by atoms with Crippen molar-refractivity contribution in [2.75, 3.05) is 0 Å². The third kappa shape index (κ3) is 2.93. The molecule has 0 aliphatic heterocycles. The van der Waals surface area contributed by atoms with E-state index in [1.54, 1.807) is 25.1 Å². The van der Waals surface area contributed by atoms with Crippen LogP contribution in [0.5, 0.6) is 0 Å². The summed E-state index contributed by atoms with van der Waals surface area (Å²) >= 11 is 5.77. The van der Waals surface area contributed by atoms with Gasteiger partial charge in [0, 0.05) is 11.4 Å². The summed E-state index contributed by atoms with van der Waals surface area (Å²) in [7, 11) is 0. The number of hydrogen-bond donors (Lipinski definition) is 1. The molecule has 0 radical (unpaired) electrons. The molecule has 1 N–H and O–H groups in total. The van der Waals surface area contributed by atoms with Crippen molar-refractivity contribution in [2.45, 2.75) is 25.9 Å². The maximum absolute atomic E-state index is 12.0. The molecule has 0 fully saturated rings. The van der Waals surface area contributed by atoms with E-state index in [4.69, 9.17) is 16.7 Å². The van der Waals surface area contributed by atoms with Crippen LogP contribution >= 0.6 is 11.6 Å². The van der Waals surface area contributed by atoms with Gasteiger partial charge in [0.25, 0.3) is 6.43 Å². The molecule has 0 aliphatic carbocycles. The standard InChI is InChI=1S/C10H11ClF2O/c1-6-4-7(2-3-8(6)11)5-9(14)10(12)13/h2-4,9-10,14H,5H2,1H3. The van der Waals surface area contributed by atoms with Gasteiger partial charge in [0.05, 0.1) is 0 Å². The van der Waals surface area contributed by atoms with Crippen molar-refractivity contribution in [2.24, 2.45) is 0 Å². The first-order valence-corrected chi connectivity index (χ1v) is 4.59. The van der Waals surface area contributed by atoms with E-state index >= 15 is 0 Å². The van der Waals surface area contributed by atoms with E-state index in [1.807, 2.05) is 0 Å². The highest BCUT2D eigenvalue weighted by molar-refractivity contribution is 6.31. The van der Waals surface area contributed by atoms with Crippen LogP contribution in [-0.2, 0) is 6.42 Å². The summed E-state index contributed by atoms with van der Waals surface area (Å²) in [5.74, 6) is 0. The topological polar surface area (TPSA) is 20.2 Å². The quantitative estimate of drug-likeness (QED) is 0.831. The van der Waals surface area contributed by atoms with Gasteiger partial charge in [0.15, 0.2) is 0 Å². The van der Waals surface area contributed by atoms with Gasteiger partial charge in [-0.25, -0.2) is 8.78 Å². The third-order valence-electron chi connectivity index (χ3n) is 1.96. The van der Waals surface area contributed by atoms with E-state index in [1.165, 1.54) is 0 Å². The van der Waals surface area contributed by atoms with E-state index in [9.17, 15) is 8.78 Å². The number of aliphatic hydroxyl groups is 1. The zero-order valence-corrected chi connectivity index (χ0v) is 8.43. The van der Waals surface area contributed by atoms with Crippen LogP contribution in [0, 0.1) is 6.92 Å². The molecule has 0 aromatic heterocycles. The first kappa shape index (κ1) is 11.4. The molecular weight excluding hydrogens is 210 g/mol. The van der Waals surface area contributed by atoms with Crippen molar-refractivity contribution < 1.29 is 13.9 Å². The normalized spacial score (nSPS) is 13.3. The fourth-order valence-corrected chi connectivity index (χ4v) is 1.28. The van der Waals surface area contributed by atoms with E-state index in [-0.39, 0.29) is 6.42 Å². The lowest BCUT2D eigenvalue weighted by Crippen LogP contribution is -2.20. The van der Waals surface area contributed by atoms with Crippen LogP contribution < -0.4 is 0 Å². The van der Waals surface area contributed by atoms with Gasteiger partial charge in [0.2, 0.25) is 0 Å². The molecule has 0 bridgehead atoms. The predicted molar refractivity (Wildman–Crippen MR) is 51.9 cm³/mol. The molecule has 4 heteroatoms. The summed E-state index contributed by atoms with van der Waals surface area (Å²) in [6.07, 6.45) is -4.35. The number of alkyl halides is 2. The maximum atomic E-state index is 12.0. The van der Waals surface area contributed by atoms with Gasteiger partial charge in [-0.05, 0) is 24.1 Å². The monoisotopic (exact) mass is 220 g/mol. The van der Waals surface area contributed by atoms with Crippen LogP contribution in [-0.4, -0.2) is 17.6 Å². The second-order valence-electron chi connectivity index (χ2n) is 3.19. The van der Waals surface area contributed by atoms with Gasteiger partial charge in [-0.1, -0.05) is 23.7 Å². The highest BCUT2D eigenvalue weighted by Gasteiger charge is 2.17. The van der Waals surface area contributed by atoms with Crippen molar-refractivity contribution in [1.29, 1.82) is 0 Å². The molecule has 0 saturated heterocycles. The van der Waals surface area contributed by atoms with Crippen LogP contribution in [0.3, 0.4) is 0 Å². The Hall–Kier alpha value is -0.670. The Bertz CT molecular complexity index is 315. The molecule has 0 aliphatic rings. The average molecular weight is 221 g/mol. The summed E-state index contributed by atoms with van der Waals surface area (Å²) < 4.78 is 24.0. The molecule has 1 aromatic rings. The van der Waals surface area contributed by atoms with Crippen molar-refractivity contribution >= 4 is 11.6 Å². The molecule has 0 saturated carbocycles. The second-order valence-corrected chi connectivity index (χ2v) is 3.60. The Morgan fingerprint density at radius 3 is 2.57 bits per heavy atom. The zero-order chi connectivity index (χ0) is 10.7. The van der Waals surface area contributed by atoms with Gasteiger partial charge >= 0.3 is 0 Å². The molecule has 0 spiro atoms. The van der Waals surface area contributed by atoms with Crippen LogP contribution in [0.4, 0.5) is 8.78 Å². The molecule has 78 valence electrons. The number of aliphatic hydroxyl groups excluding tert-OH is 1. The SMILES string of the molecule is Cc1cc(CC(O)C(F)F)ccc1Cl. The lowest BCUT2D eigenvalue weighted by Gasteiger charge is -2.10. The molecule has 1 atom stereocenters. The fraction of sp³-hybridized carbons (Fsp3) is 0.400. The predicted octanol–water partition coefficient (Wildman–Crippen LogP) is 2.82. The minimum Gasteiger partial charge on any atom is -0.387 e. The molecule has 1 nitrogen and oxygen atoms in total. The average Bonchev–Trinajstić information content (AvgIpc) is 2.11. The molecule has 0 amide bonds. The number of rotatable bonds is 3. The number of halogens is 3. The zero-order valence-electron chi connectivity index (χ0n) is 7.67. The van der Waals surface area contributed by atoms with Gasteiger partial charge in [-0.15, -0.1) is 0 Å². The maximum Gasteiger partial charge on any atom is 0.264 e. The Morgan fingerprint density at radius 1 is 1.43 bits per heavy atom. The van der Waals surface area contributed by atoms with Gasteiger partial charge in [-0.2, -0.15) is 0 Å². The molecule has 14 heavy (non-hydrogen) atoms. The minimum atomic E-state index is -2.70. The highest BCUT2D eigenvalue weighted by atomic mass is 35.5. The van der Waals surface area contributed by atoms with Crippen molar-refractivity contribution in [3.8, 4) is 0 Å². The van der Waals surface area contributed by atoms with Crippen molar-refractivity contribution in [3.63, 3.8) is 0 Å². The molecule has 0 heterocycles. The lowest BCUT2D eigenvalue weighted by atomic mass is 10.1. The van der Waals surface area contributed by atoms with Crippen LogP contribution in [0.15, 0.2) is 18.2 Å². The Balaban J connectivity index is 2.73. The van der Waals surface area contributed by atoms with Crippen LogP contribution in [0.2, 0.25) is 5.02 Å². The summed E-state index contributed by atoms with van der Waals surface area (Å²) in [6.45, 7) is 1.79. The molecular formula is C10H11ClF2O. The smallest absolute Gasteiger partial charge is 0.264 e. The molecule has 1 unspecified atom stereocenters. The summed E-state index contributed by atoms with van der Waals surface area (Å²) in [5.41, 5.74) is 1.49. The molecule has 1 aromatic carbocycles. The number of aryl methyl sites for hydroxylation is 1. The highest BCUT2D eigenvalue weighted by Crippen LogP contribution is 2.18. The Morgan fingerprint density at radius 2 is 2.07 bits per heavy atom. The van der Waals surface area contributed by atoms with E-state index in [0.29, 0.717) is 10.6 Å². The van der Waals surface area contributed by atoms with E-state index < -0.39 is 12.5 Å². The Kier molecular flexibility index (Phi) is 3.84. The lowest BCUT2D eigenvalue weighted by molar-refractivity contribution is -0.00366. The fourth-order valence-electron chi connectivity index (χ4n) is 1.16. The molecule has 1 rings (SSSR count). The van der Waals surface area contributed by atoms with Gasteiger partial charge in [0.1, 0.15) is 6.10 Å². The summed E-state index contributed by atoms with van der Waals surface area (Å²) in [6, 6.07) is 4.99. The van der Waals surface area contributed by atoms with E-state index in [0.717, 1.165) is 5.56 Å². The number of benzene rings is 1. The van der Waals surface area contributed by atoms with E-state index in [2.05, 4.69) is 0 Å². The van der Waals surface area contributed by atoms with Crippen molar-refractivity contribution in [3.05, 3.63) is 34.3 Å². The minimum absolute atomic E-state index is 0.0460. The second kappa shape index (κ2) is 4.71. The first-order valence-electron chi connectivity index (χ1n) is 4.22. The third-order valence-corrected chi connectivity index (χ3v) is 2.38. The Labute approximate surface area is 86.3 Å². The summed E-state index contributed by atoms with van der Waals surface area (Å²) in [4.78, 5) is 0. The summed E-state index contributed by atoms with van der Waals surface area (Å²) in [5, 5.41) is 9.55. The van der Waals surface area contributed by atoms with Crippen LogP contribution in [0.1, 0.15) is 11.1 Å². The largest absolute Gasteiger partial charge is 0.387 e. The van der Waals surface area contributed by atoms with Gasteiger partial charge in [-0.3, -0.25) is 0 Å².